The van der Waals surface area contributed by atoms with E-state index in [1.807, 2.05) is 0 Å². The van der Waals surface area contributed by atoms with Gasteiger partial charge in [0, 0.05) is 24.9 Å². The number of hydrogen-bond acceptors (Lipinski definition) is 2. The second-order valence-corrected chi connectivity index (χ2v) is 10.8. The smallest absolute Gasteiger partial charge is 0.0291 e. The predicted molar refractivity (Wildman–Crippen MR) is 89.2 cm³/mol. The molecule has 1 aliphatic rings. The summed E-state index contributed by atoms with van der Waals surface area (Å²) in [5.41, 5.74) is 0. The van der Waals surface area contributed by atoms with E-state index in [9.17, 15) is 0 Å². The molecule has 0 spiro atoms. The molecule has 0 aromatic heterocycles. The van der Waals surface area contributed by atoms with Crippen molar-refractivity contribution < 1.29 is 0 Å². The zero-order chi connectivity index (χ0) is 12.6. The van der Waals surface area contributed by atoms with E-state index >= 15 is 0 Å². The third kappa shape index (κ3) is 3.25. The van der Waals surface area contributed by atoms with Crippen LogP contribution in [0.15, 0.2) is 0 Å². The average molecular weight is 372 g/mol. The molecule has 1 heterocycles. The molecular formula is C13H25IS2. The van der Waals surface area contributed by atoms with E-state index in [1.165, 1.54) is 11.5 Å². The number of hydrogen-bond donors (Lipinski definition) is 0. The summed E-state index contributed by atoms with van der Waals surface area (Å²) in [6.07, 6.45) is 0. The van der Waals surface area contributed by atoms with Crippen molar-refractivity contribution in [2.24, 2.45) is 11.8 Å². The Morgan fingerprint density at radius 1 is 1.12 bits per heavy atom. The predicted octanol–water partition coefficient (Wildman–Crippen LogP) is 5.10. The zero-order valence-electron chi connectivity index (χ0n) is 11.3. The molecule has 16 heavy (non-hydrogen) atoms. The molecule has 0 nitrogen and oxygen atoms in total. The highest BCUT2D eigenvalue weighted by atomic mass is 127. The van der Waals surface area contributed by atoms with Gasteiger partial charge in [-0.05, 0) is 18.8 Å². The minimum absolute atomic E-state index is 0.399. The van der Waals surface area contributed by atoms with Crippen molar-refractivity contribution >= 4 is 46.1 Å². The van der Waals surface area contributed by atoms with E-state index in [0.29, 0.717) is 9.49 Å². The van der Waals surface area contributed by atoms with Crippen molar-refractivity contribution in [3.8, 4) is 0 Å². The van der Waals surface area contributed by atoms with Gasteiger partial charge in [0.25, 0.3) is 0 Å². The summed E-state index contributed by atoms with van der Waals surface area (Å²) in [5, 5.41) is 0. The van der Waals surface area contributed by atoms with Gasteiger partial charge in [-0.2, -0.15) is 23.5 Å². The van der Waals surface area contributed by atoms with E-state index in [1.54, 1.807) is 0 Å². The zero-order valence-corrected chi connectivity index (χ0v) is 15.1. The molecule has 0 saturated carbocycles. The fourth-order valence-electron chi connectivity index (χ4n) is 2.23. The van der Waals surface area contributed by atoms with E-state index in [4.69, 9.17) is 0 Å². The molecule has 1 saturated heterocycles. The fourth-order valence-corrected chi connectivity index (χ4v) is 6.29. The molecule has 0 aromatic rings. The second-order valence-electron chi connectivity index (χ2n) is 5.88. The summed E-state index contributed by atoms with van der Waals surface area (Å²) in [6, 6.07) is 0. The summed E-state index contributed by atoms with van der Waals surface area (Å²) in [6.45, 7) is 14.6. The van der Waals surface area contributed by atoms with Crippen LogP contribution in [0.1, 0.15) is 41.5 Å². The van der Waals surface area contributed by atoms with Gasteiger partial charge in [-0.1, -0.05) is 57.2 Å². The van der Waals surface area contributed by atoms with Crippen molar-refractivity contribution in [1.29, 1.82) is 0 Å². The minimum atomic E-state index is 0.399. The van der Waals surface area contributed by atoms with Gasteiger partial charge in [0.05, 0.1) is 0 Å². The molecular weight excluding hydrogens is 347 g/mol. The number of halogens is 1. The summed E-state index contributed by atoms with van der Waals surface area (Å²) in [5.74, 6) is 4.11. The molecule has 3 heteroatoms. The van der Waals surface area contributed by atoms with E-state index in [-0.39, 0.29) is 0 Å². The lowest BCUT2D eigenvalue weighted by molar-refractivity contribution is 0.292. The summed E-state index contributed by atoms with van der Waals surface area (Å²) in [4.78, 5) is 0. The Morgan fingerprint density at radius 3 is 2.12 bits per heavy atom. The van der Waals surface area contributed by atoms with Gasteiger partial charge in [-0.25, -0.2) is 0 Å². The normalized spacial score (nSPS) is 40.5. The van der Waals surface area contributed by atoms with Crippen molar-refractivity contribution in [2.75, 3.05) is 11.5 Å². The molecule has 0 aromatic carbocycles. The van der Waals surface area contributed by atoms with Gasteiger partial charge in [0.15, 0.2) is 0 Å². The highest BCUT2D eigenvalue weighted by Gasteiger charge is 2.44. The molecule has 3 atom stereocenters. The Balaban J connectivity index is 2.96. The largest absolute Gasteiger partial charge is 0.154 e. The van der Waals surface area contributed by atoms with Crippen LogP contribution in [-0.2, 0) is 0 Å². The lowest BCUT2D eigenvalue weighted by atomic mass is 9.78. The highest BCUT2D eigenvalue weighted by Crippen LogP contribution is 2.51. The molecule has 0 radical (unpaired) electrons. The Hall–Kier alpha value is 1.43. The van der Waals surface area contributed by atoms with Crippen molar-refractivity contribution in [3.63, 3.8) is 0 Å². The Morgan fingerprint density at radius 2 is 1.62 bits per heavy atom. The van der Waals surface area contributed by atoms with Crippen LogP contribution in [0.4, 0.5) is 0 Å². The number of thioether (sulfide) groups is 2. The van der Waals surface area contributed by atoms with Crippen LogP contribution >= 0.6 is 46.1 Å². The molecule has 96 valence electrons. The molecule has 0 N–H and O–H groups in total. The second kappa shape index (κ2) is 5.60. The van der Waals surface area contributed by atoms with Crippen LogP contribution in [0, 0.1) is 11.8 Å². The highest BCUT2D eigenvalue weighted by molar-refractivity contribution is 14.1. The molecule has 1 rings (SSSR count). The Labute approximate surface area is 124 Å². The van der Waals surface area contributed by atoms with Gasteiger partial charge in [0.2, 0.25) is 0 Å². The van der Waals surface area contributed by atoms with E-state index in [2.05, 4.69) is 87.7 Å². The molecule has 1 fully saturated rings. The first-order valence-electron chi connectivity index (χ1n) is 6.12. The Kier molecular flexibility index (Phi) is 5.42. The van der Waals surface area contributed by atoms with Crippen LogP contribution in [0.25, 0.3) is 0 Å². The average Bonchev–Trinajstić information content (AvgIpc) is 2.20. The van der Waals surface area contributed by atoms with Gasteiger partial charge in [-0.15, -0.1) is 0 Å². The van der Waals surface area contributed by atoms with Crippen LogP contribution < -0.4 is 0 Å². The molecule has 0 amide bonds. The Bertz CT molecular complexity index is 240. The third-order valence-corrected chi connectivity index (χ3v) is 10.0. The summed E-state index contributed by atoms with van der Waals surface area (Å²) in [7, 11) is 0. The van der Waals surface area contributed by atoms with Crippen LogP contribution in [0.2, 0.25) is 0 Å². The maximum absolute atomic E-state index is 2.62. The molecule has 1 aliphatic heterocycles. The third-order valence-electron chi connectivity index (χ3n) is 4.26. The quantitative estimate of drug-likeness (QED) is 0.464. The van der Waals surface area contributed by atoms with Crippen LogP contribution in [-0.4, -0.2) is 24.9 Å². The van der Waals surface area contributed by atoms with Crippen molar-refractivity contribution in [1.82, 2.24) is 0 Å². The minimum Gasteiger partial charge on any atom is -0.154 e. The maximum atomic E-state index is 2.62. The van der Waals surface area contributed by atoms with Gasteiger partial charge >= 0.3 is 0 Å². The maximum Gasteiger partial charge on any atom is 0.0291 e. The van der Waals surface area contributed by atoms with E-state index in [0.717, 1.165) is 15.8 Å². The van der Waals surface area contributed by atoms with E-state index < -0.39 is 0 Å². The molecule has 0 aliphatic carbocycles. The van der Waals surface area contributed by atoms with Crippen molar-refractivity contribution in [2.45, 2.75) is 55.0 Å². The first kappa shape index (κ1) is 15.5. The van der Waals surface area contributed by atoms with Crippen molar-refractivity contribution in [3.05, 3.63) is 0 Å². The number of rotatable bonds is 1. The first-order valence-corrected chi connectivity index (χ1v) is 9.34. The topological polar surface area (TPSA) is 0 Å². The SMILES string of the molecule is CC(C)C1(C)SCC(I)CSC(C)(C)C1C. The standard InChI is InChI=1S/C13H25IS2/c1-9(2)13(6)10(3)12(4,5)15-7-11(14)8-16-13/h9-11H,7-8H2,1-6H3. The molecule has 0 bridgehead atoms. The van der Waals surface area contributed by atoms with Gasteiger partial charge < -0.3 is 0 Å². The fraction of sp³-hybridized carbons (Fsp3) is 1.00. The van der Waals surface area contributed by atoms with Gasteiger partial charge in [-0.3, -0.25) is 0 Å². The first-order chi connectivity index (χ1) is 7.20. The molecule has 3 unspecified atom stereocenters. The summed E-state index contributed by atoms with van der Waals surface area (Å²) >= 11 is 7.00. The lowest BCUT2D eigenvalue weighted by Crippen LogP contribution is -2.47. The monoisotopic (exact) mass is 372 g/mol. The number of alkyl halides is 1. The van der Waals surface area contributed by atoms with Crippen LogP contribution in [0.3, 0.4) is 0 Å². The van der Waals surface area contributed by atoms with Crippen LogP contribution in [0.5, 0.6) is 0 Å². The van der Waals surface area contributed by atoms with Gasteiger partial charge in [0.1, 0.15) is 0 Å². The summed E-state index contributed by atoms with van der Waals surface area (Å²) < 4.78 is 1.63. The lowest BCUT2D eigenvalue weighted by Gasteiger charge is -2.48.